The summed E-state index contributed by atoms with van der Waals surface area (Å²) < 4.78 is 33.5. The van der Waals surface area contributed by atoms with Crippen LogP contribution >= 0.6 is 0 Å². The lowest BCUT2D eigenvalue weighted by atomic mass is 9.99. The van der Waals surface area contributed by atoms with E-state index in [9.17, 15) is 13.9 Å². The van der Waals surface area contributed by atoms with Gasteiger partial charge in [0.2, 0.25) is 5.82 Å². The van der Waals surface area contributed by atoms with Gasteiger partial charge in [-0.15, -0.1) is 0 Å². The van der Waals surface area contributed by atoms with E-state index in [0.29, 0.717) is 5.56 Å². The van der Waals surface area contributed by atoms with Crippen molar-refractivity contribution in [2.24, 2.45) is 0 Å². The Labute approximate surface area is 177 Å². The molecule has 2 nitrogen and oxygen atoms in total. The Morgan fingerprint density at radius 1 is 0.667 bits per heavy atom. The summed E-state index contributed by atoms with van der Waals surface area (Å²) in [5.41, 5.74) is 2.66. The third kappa shape index (κ3) is 5.59. The molecule has 0 saturated heterocycles. The van der Waals surface area contributed by atoms with Gasteiger partial charge in [0.05, 0.1) is 6.61 Å². The van der Waals surface area contributed by atoms with Crippen LogP contribution in [0.3, 0.4) is 0 Å². The second-order valence-electron chi connectivity index (χ2n) is 7.48. The Balaban J connectivity index is 1.57. The number of ether oxygens (including phenoxy) is 1. The molecule has 158 valence electrons. The van der Waals surface area contributed by atoms with E-state index >= 15 is 0 Å². The molecule has 0 spiro atoms. The Morgan fingerprint density at radius 2 is 1.23 bits per heavy atom. The fourth-order valence-electron chi connectivity index (χ4n) is 3.42. The third-order valence-electron chi connectivity index (χ3n) is 5.21. The van der Waals surface area contributed by atoms with Crippen LogP contribution in [0.5, 0.6) is 11.5 Å². The largest absolute Gasteiger partial charge is 0.505 e. The molecule has 0 atom stereocenters. The van der Waals surface area contributed by atoms with Gasteiger partial charge >= 0.3 is 0 Å². The van der Waals surface area contributed by atoms with Crippen LogP contribution in [0.15, 0.2) is 60.7 Å². The molecular weight excluding hydrogens is 382 g/mol. The molecule has 0 unspecified atom stereocenters. The maximum atomic E-state index is 14.1. The molecule has 0 aromatic heterocycles. The molecule has 0 amide bonds. The van der Waals surface area contributed by atoms with Crippen LogP contribution in [-0.2, 0) is 0 Å². The topological polar surface area (TPSA) is 29.5 Å². The minimum Gasteiger partial charge on any atom is -0.505 e. The van der Waals surface area contributed by atoms with Crippen LogP contribution in [0.2, 0.25) is 0 Å². The van der Waals surface area contributed by atoms with Crippen molar-refractivity contribution >= 4 is 0 Å². The predicted octanol–water partition coefficient (Wildman–Crippen LogP) is 7.74. The van der Waals surface area contributed by atoms with Crippen LogP contribution in [0, 0.1) is 11.6 Å². The molecule has 3 aromatic rings. The maximum absolute atomic E-state index is 14.1. The summed E-state index contributed by atoms with van der Waals surface area (Å²) in [6, 6.07) is 17.6. The molecule has 0 radical (unpaired) electrons. The summed E-state index contributed by atoms with van der Waals surface area (Å²) in [5, 5.41) is 9.27. The highest BCUT2D eigenvalue weighted by molar-refractivity contribution is 5.71. The Kier molecular flexibility index (Phi) is 7.83. The van der Waals surface area contributed by atoms with Crippen molar-refractivity contribution in [1.29, 1.82) is 0 Å². The number of unbranched alkanes of at least 4 members (excludes halogenated alkanes) is 5. The van der Waals surface area contributed by atoms with E-state index in [1.807, 2.05) is 36.4 Å². The van der Waals surface area contributed by atoms with Crippen LogP contribution in [0.4, 0.5) is 8.78 Å². The highest BCUT2D eigenvalue weighted by Crippen LogP contribution is 2.31. The van der Waals surface area contributed by atoms with Crippen LogP contribution < -0.4 is 4.74 Å². The Morgan fingerprint density at radius 3 is 1.90 bits per heavy atom. The lowest BCUT2D eigenvalue weighted by Gasteiger charge is -2.09. The van der Waals surface area contributed by atoms with Crippen molar-refractivity contribution in [3.05, 3.63) is 72.3 Å². The van der Waals surface area contributed by atoms with Crippen molar-refractivity contribution in [3.63, 3.8) is 0 Å². The van der Waals surface area contributed by atoms with Gasteiger partial charge in [-0.25, -0.2) is 4.39 Å². The van der Waals surface area contributed by atoms with Gasteiger partial charge in [0.1, 0.15) is 5.75 Å². The average molecular weight is 411 g/mol. The number of phenolic OH excluding ortho intramolecular Hbond substituents is 1. The van der Waals surface area contributed by atoms with E-state index in [1.54, 1.807) is 12.1 Å². The molecule has 0 fully saturated rings. The molecular formula is C26H28F2O2. The van der Waals surface area contributed by atoms with Crippen molar-refractivity contribution in [2.75, 3.05) is 6.61 Å². The fraction of sp³-hybridized carbons (Fsp3) is 0.308. The first kappa shape index (κ1) is 21.8. The van der Waals surface area contributed by atoms with Gasteiger partial charge in [-0.2, -0.15) is 4.39 Å². The van der Waals surface area contributed by atoms with E-state index < -0.39 is 17.4 Å². The van der Waals surface area contributed by atoms with Crippen LogP contribution in [0.25, 0.3) is 22.3 Å². The van der Waals surface area contributed by atoms with Gasteiger partial charge in [0.15, 0.2) is 11.6 Å². The molecule has 4 heteroatoms. The first-order chi connectivity index (χ1) is 14.6. The molecule has 30 heavy (non-hydrogen) atoms. The summed E-state index contributed by atoms with van der Waals surface area (Å²) in [6.07, 6.45) is 7.42. The number of aromatic hydroxyl groups is 1. The molecule has 3 rings (SSSR count). The average Bonchev–Trinajstić information content (AvgIpc) is 2.78. The van der Waals surface area contributed by atoms with E-state index in [4.69, 9.17) is 4.74 Å². The normalized spacial score (nSPS) is 10.9. The second-order valence-corrected chi connectivity index (χ2v) is 7.48. The number of benzene rings is 3. The summed E-state index contributed by atoms with van der Waals surface area (Å²) >= 11 is 0. The smallest absolute Gasteiger partial charge is 0.200 e. The lowest BCUT2D eigenvalue weighted by Crippen LogP contribution is -1.97. The highest BCUT2D eigenvalue weighted by atomic mass is 19.2. The van der Waals surface area contributed by atoms with Gasteiger partial charge in [-0.3, -0.25) is 0 Å². The van der Waals surface area contributed by atoms with Gasteiger partial charge < -0.3 is 9.84 Å². The van der Waals surface area contributed by atoms with Crippen molar-refractivity contribution in [2.45, 2.75) is 45.4 Å². The molecule has 0 aliphatic heterocycles. The second kappa shape index (κ2) is 10.8. The highest BCUT2D eigenvalue weighted by Gasteiger charge is 2.14. The van der Waals surface area contributed by atoms with E-state index in [1.165, 1.54) is 38.2 Å². The number of hydrogen-bond donors (Lipinski definition) is 1. The molecule has 0 heterocycles. The molecule has 0 saturated carbocycles. The molecule has 0 bridgehead atoms. The van der Waals surface area contributed by atoms with Crippen molar-refractivity contribution in [3.8, 4) is 33.8 Å². The number of phenols is 1. The quantitative estimate of drug-likeness (QED) is 0.346. The molecule has 0 aliphatic rings. The zero-order valence-electron chi connectivity index (χ0n) is 17.3. The number of rotatable bonds is 10. The van der Waals surface area contributed by atoms with Crippen LogP contribution in [-0.4, -0.2) is 11.7 Å². The maximum Gasteiger partial charge on any atom is 0.200 e. The Hall–Kier alpha value is -2.88. The summed E-state index contributed by atoms with van der Waals surface area (Å²) in [6.45, 7) is 2.95. The number of halogens is 2. The zero-order valence-corrected chi connectivity index (χ0v) is 17.3. The first-order valence-electron chi connectivity index (χ1n) is 10.6. The van der Waals surface area contributed by atoms with E-state index in [2.05, 4.69) is 6.92 Å². The monoisotopic (exact) mass is 410 g/mol. The standard InChI is InChI=1S/C26H28F2O2/c1-2-3-4-5-6-7-18-30-22-14-12-20(13-15-22)19-8-10-21(11-9-19)23-16-17-24(29)26(28)25(23)27/h8-17,29H,2-7,18H2,1H3. The molecule has 0 aliphatic carbocycles. The van der Waals surface area contributed by atoms with E-state index in [-0.39, 0.29) is 5.56 Å². The fourth-order valence-corrected chi connectivity index (χ4v) is 3.42. The van der Waals surface area contributed by atoms with E-state index in [0.717, 1.165) is 36.0 Å². The number of hydrogen-bond acceptors (Lipinski definition) is 2. The van der Waals surface area contributed by atoms with Gasteiger partial charge in [-0.1, -0.05) is 75.4 Å². The zero-order chi connectivity index (χ0) is 21.3. The lowest BCUT2D eigenvalue weighted by molar-refractivity contribution is 0.304. The van der Waals surface area contributed by atoms with Crippen molar-refractivity contribution < 1.29 is 18.6 Å². The Bertz CT molecular complexity index is 934. The van der Waals surface area contributed by atoms with Gasteiger partial charge in [0.25, 0.3) is 0 Å². The van der Waals surface area contributed by atoms with Gasteiger partial charge in [0, 0.05) is 5.56 Å². The SMILES string of the molecule is CCCCCCCCOc1ccc(-c2ccc(-c3ccc(O)c(F)c3F)cc2)cc1. The van der Waals surface area contributed by atoms with Crippen LogP contribution in [0.1, 0.15) is 45.4 Å². The molecule has 3 aromatic carbocycles. The predicted molar refractivity (Wildman–Crippen MR) is 118 cm³/mol. The minimum absolute atomic E-state index is 0.121. The first-order valence-corrected chi connectivity index (χ1v) is 10.6. The summed E-state index contributed by atoms with van der Waals surface area (Å²) in [7, 11) is 0. The molecule has 1 N–H and O–H groups in total. The minimum atomic E-state index is -1.23. The summed E-state index contributed by atoms with van der Waals surface area (Å²) in [5.74, 6) is -2.11. The summed E-state index contributed by atoms with van der Waals surface area (Å²) in [4.78, 5) is 0. The van der Waals surface area contributed by atoms with Gasteiger partial charge in [-0.05, 0) is 47.4 Å². The van der Waals surface area contributed by atoms with Crippen molar-refractivity contribution in [1.82, 2.24) is 0 Å². The third-order valence-corrected chi connectivity index (χ3v) is 5.21.